The second-order valence-electron chi connectivity index (χ2n) is 4.58. The van der Waals surface area contributed by atoms with E-state index in [0.29, 0.717) is 6.04 Å². The molecule has 1 nitrogen and oxygen atoms in total. The number of benzene rings is 1. The predicted molar refractivity (Wildman–Crippen MR) is 65.3 cm³/mol. The summed E-state index contributed by atoms with van der Waals surface area (Å²) in [6.07, 6.45) is 3.92. The van der Waals surface area contributed by atoms with E-state index in [0.717, 1.165) is 17.4 Å². The van der Waals surface area contributed by atoms with Crippen molar-refractivity contribution in [1.29, 1.82) is 0 Å². The minimum atomic E-state index is 0.562. The van der Waals surface area contributed by atoms with Crippen LogP contribution in [0.1, 0.15) is 25.3 Å². The van der Waals surface area contributed by atoms with Gasteiger partial charge in [0.05, 0.1) is 0 Å². The van der Waals surface area contributed by atoms with Crippen molar-refractivity contribution in [2.24, 2.45) is 5.92 Å². The fourth-order valence-corrected chi connectivity index (χ4v) is 1.86. The maximum atomic E-state index is 5.84. The lowest BCUT2D eigenvalue weighted by Crippen LogP contribution is -2.29. The van der Waals surface area contributed by atoms with E-state index in [2.05, 4.69) is 24.4 Å². The number of halogens is 1. The van der Waals surface area contributed by atoms with Crippen LogP contribution in [-0.4, -0.2) is 12.6 Å². The number of hydrogen-bond donors (Lipinski definition) is 1. The second-order valence-corrected chi connectivity index (χ2v) is 5.02. The van der Waals surface area contributed by atoms with Crippen LogP contribution >= 0.6 is 11.6 Å². The highest BCUT2D eigenvalue weighted by atomic mass is 35.5. The van der Waals surface area contributed by atoms with E-state index in [9.17, 15) is 0 Å². The van der Waals surface area contributed by atoms with Crippen LogP contribution in [-0.2, 0) is 6.42 Å². The molecule has 0 amide bonds. The van der Waals surface area contributed by atoms with Gasteiger partial charge < -0.3 is 5.32 Å². The minimum Gasteiger partial charge on any atom is -0.314 e. The third kappa shape index (κ3) is 3.84. The fourth-order valence-electron chi connectivity index (χ4n) is 1.74. The first-order valence-electron chi connectivity index (χ1n) is 5.72. The topological polar surface area (TPSA) is 12.0 Å². The van der Waals surface area contributed by atoms with Gasteiger partial charge in [0.2, 0.25) is 0 Å². The van der Waals surface area contributed by atoms with Gasteiger partial charge in [0, 0.05) is 11.1 Å². The van der Waals surface area contributed by atoms with Gasteiger partial charge in [0.1, 0.15) is 0 Å². The van der Waals surface area contributed by atoms with Crippen LogP contribution in [0.5, 0.6) is 0 Å². The average Bonchev–Trinajstić information content (AvgIpc) is 3.02. The molecule has 1 aromatic carbocycles. The molecule has 1 aliphatic rings. The minimum absolute atomic E-state index is 0.562. The van der Waals surface area contributed by atoms with Gasteiger partial charge in [-0.2, -0.15) is 0 Å². The molecule has 0 spiro atoms. The van der Waals surface area contributed by atoms with Gasteiger partial charge in [-0.15, -0.1) is 0 Å². The Bertz CT molecular complexity index is 303. The highest BCUT2D eigenvalue weighted by Gasteiger charge is 2.21. The van der Waals surface area contributed by atoms with E-state index in [-0.39, 0.29) is 0 Å². The van der Waals surface area contributed by atoms with Gasteiger partial charge in [-0.05, 0) is 56.3 Å². The largest absolute Gasteiger partial charge is 0.314 e. The number of hydrogen-bond acceptors (Lipinski definition) is 1. The predicted octanol–water partition coefficient (Wildman–Crippen LogP) is 3.27. The van der Waals surface area contributed by atoms with Crippen LogP contribution in [0.15, 0.2) is 24.3 Å². The average molecular weight is 224 g/mol. The summed E-state index contributed by atoms with van der Waals surface area (Å²) in [7, 11) is 0. The summed E-state index contributed by atoms with van der Waals surface area (Å²) >= 11 is 5.84. The Hall–Kier alpha value is -0.530. The molecule has 0 aliphatic heterocycles. The van der Waals surface area contributed by atoms with E-state index >= 15 is 0 Å². The molecule has 2 rings (SSSR count). The van der Waals surface area contributed by atoms with Gasteiger partial charge >= 0.3 is 0 Å². The zero-order valence-corrected chi connectivity index (χ0v) is 9.93. The van der Waals surface area contributed by atoms with Crippen molar-refractivity contribution in [3.63, 3.8) is 0 Å². The highest BCUT2D eigenvalue weighted by molar-refractivity contribution is 6.30. The molecule has 15 heavy (non-hydrogen) atoms. The molecule has 1 aromatic rings. The van der Waals surface area contributed by atoms with Crippen molar-refractivity contribution in [2.75, 3.05) is 6.54 Å². The van der Waals surface area contributed by atoms with E-state index in [1.165, 1.54) is 24.9 Å². The van der Waals surface area contributed by atoms with E-state index in [4.69, 9.17) is 11.6 Å². The third-order valence-electron chi connectivity index (χ3n) is 2.91. The quantitative estimate of drug-likeness (QED) is 0.808. The van der Waals surface area contributed by atoms with Gasteiger partial charge in [-0.3, -0.25) is 0 Å². The number of nitrogens with one attached hydrogen (secondary N) is 1. The smallest absolute Gasteiger partial charge is 0.0406 e. The molecular formula is C13H18ClN. The molecule has 0 bridgehead atoms. The Kier molecular flexibility index (Phi) is 3.66. The molecule has 1 fully saturated rings. The molecular weight excluding hydrogens is 206 g/mol. The first-order chi connectivity index (χ1) is 7.24. The van der Waals surface area contributed by atoms with Crippen molar-refractivity contribution in [3.05, 3.63) is 34.9 Å². The summed E-state index contributed by atoms with van der Waals surface area (Å²) < 4.78 is 0. The Morgan fingerprint density at radius 3 is 2.60 bits per heavy atom. The van der Waals surface area contributed by atoms with Crippen molar-refractivity contribution in [3.8, 4) is 0 Å². The van der Waals surface area contributed by atoms with Gasteiger partial charge in [-0.25, -0.2) is 0 Å². The maximum absolute atomic E-state index is 5.84. The molecule has 0 aromatic heterocycles. The first-order valence-corrected chi connectivity index (χ1v) is 6.09. The Labute approximate surface area is 96.8 Å². The molecule has 1 aliphatic carbocycles. The standard InChI is InChI=1S/C13H18ClN/c1-10(15-9-12-2-3-12)8-11-4-6-13(14)7-5-11/h4-7,10,12,15H,2-3,8-9H2,1H3/t10-/m1/s1. The van der Waals surface area contributed by atoms with Gasteiger partial charge in [0.15, 0.2) is 0 Å². The van der Waals surface area contributed by atoms with Gasteiger partial charge in [-0.1, -0.05) is 23.7 Å². The molecule has 1 atom stereocenters. The lowest BCUT2D eigenvalue weighted by Gasteiger charge is -2.13. The van der Waals surface area contributed by atoms with E-state index < -0.39 is 0 Å². The van der Waals surface area contributed by atoms with Crippen molar-refractivity contribution in [2.45, 2.75) is 32.2 Å². The fraction of sp³-hybridized carbons (Fsp3) is 0.538. The van der Waals surface area contributed by atoms with E-state index in [1.54, 1.807) is 0 Å². The molecule has 0 heterocycles. The van der Waals surface area contributed by atoms with Crippen LogP contribution in [0.4, 0.5) is 0 Å². The normalized spacial score (nSPS) is 17.7. The molecule has 0 saturated heterocycles. The lowest BCUT2D eigenvalue weighted by atomic mass is 10.1. The summed E-state index contributed by atoms with van der Waals surface area (Å²) in [6.45, 7) is 3.44. The highest BCUT2D eigenvalue weighted by Crippen LogP contribution is 2.27. The van der Waals surface area contributed by atoms with Gasteiger partial charge in [0.25, 0.3) is 0 Å². The van der Waals surface area contributed by atoms with Crippen LogP contribution in [0.3, 0.4) is 0 Å². The van der Waals surface area contributed by atoms with Crippen LogP contribution in [0.2, 0.25) is 5.02 Å². The molecule has 1 N–H and O–H groups in total. The number of rotatable bonds is 5. The summed E-state index contributed by atoms with van der Waals surface area (Å²) in [5.74, 6) is 0.956. The summed E-state index contributed by atoms with van der Waals surface area (Å²) in [5.41, 5.74) is 1.36. The third-order valence-corrected chi connectivity index (χ3v) is 3.16. The first kappa shape index (κ1) is 11.0. The monoisotopic (exact) mass is 223 g/mol. The molecule has 0 unspecified atom stereocenters. The van der Waals surface area contributed by atoms with Crippen molar-refractivity contribution < 1.29 is 0 Å². The van der Waals surface area contributed by atoms with Crippen LogP contribution in [0.25, 0.3) is 0 Å². The molecule has 1 saturated carbocycles. The molecule has 82 valence electrons. The Morgan fingerprint density at radius 1 is 1.33 bits per heavy atom. The zero-order chi connectivity index (χ0) is 10.7. The van der Waals surface area contributed by atoms with Crippen LogP contribution < -0.4 is 5.32 Å². The summed E-state index contributed by atoms with van der Waals surface area (Å²) in [4.78, 5) is 0. The zero-order valence-electron chi connectivity index (χ0n) is 9.17. The molecule has 2 heteroatoms. The van der Waals surface area contributed by atoms with Crippen molar-refractivity contribution in [1.82, 2.24) is 5.32 Å². The van der Waals surface area contributed by atoms with Crippen LogP contribution in [0, 0.1) is 5.92 Å². The molecule has 0 radical (unpaired) electrons. The summed E-state index contributed by atoms with van der Waals surface area (Å²) in [6, 6.07) is 8.70. The Balaban J connectivity index is 1.76. The van der Waals surface area contributed by atoms with Crippen molar-refractivity contribution >= 4 is 11.6 Å². The lowest BCUT2D eigenvalue weighted by molar-refractivity contribution is 0.526. The van der Waals surface area contributed by atoms with E-state index in [1.807, 2.05) is 12.1 Å². The SMILES string of the molecule is C[C@H](Cc1ccc(Cl)cc1)NCC1CC1. The Morgan fingerprint density at radius 2 is 2.00 bits per heavy atom. The maximum Gasteiger partial charge on any atom is 0.0406 e. The summed E-state index contributed by atoms with van der Waals surface area (Å²) in [5, 5.41) is 4.39. The second kappa shape index (κ2) is 5.00.